The predicted molar refractivity (Wildman–Crippen MR) is 125 cm³/mol. The zero-order valence-corrected chi connectivity index (χ0v) is 18.9. The van der Waals surface area contributed by atoms with Crippen LogP contribution in [0.4, 0.5) is 4.39 Å². The van der Waals surface area contributed by atoms with Crippen molar-refractivity contribution in [2.45, 2.75) is 51.4 Å². The molecule has 0 aromatic heterocycles. The summed E-state index contributed by atoms with van der Waals surface area (Å²) in [4.78, 5) is 0. The Kier molecular flexibility index (Phi) is 8.61. The molecule has 1 heterocycles. The lowest BCUT2D eigenvalue weighted by molar-refractivity contribution is -0.269. The van der Waals surface area contributed by atoms with Crippen LogP contribution in [0.25, 0.3) is 0 Å². The molecule has 0 N–H and O–H groups in total. The van der Waals surface area contributed by atoms with Crippen molar-refractivity contribution in [3.05, 3.63) is 108 Å². The van der Waals surface area contributed by atoms with E-state index in [1.165, 1.54) is 0 Å². The normalized spacial score (nSPS) is 25.1. The summed E-state index contributed by atoms with van der Waals surface area (Å²) in [6.45, 7) is 3.21. The Labute approximate surface area is 195 Å². The van der Waals surface area contributed by atoms with Crippen LogP contribution in [0.1, 0.15) is 23.6 Å². The molecule has 33 heavy (non-hydrogen) atoms. The number of hydrogen-bond acceptors (Lipinski definition) is 4. The Morgan fingerprint density at radius 3 is 1.64 bits per heavy atom. The lowest BCUT2D eigenvalue weighted by Gasteiger charge is -2.42. The summed E-state index contributed by atoms with van der Waals surface area (Å²) in [6.07, 6.45) is -2.97. The minimum Gasteiger partial charge on any atom is -0.374 e. The molecule has 174 valence electrons. The Hall–Kier alpha value is -2.57. The maximum Gasteiger partial charge on any atom is 0.204 e. The number of halogens is 1. The lowest BCUT2D eigenvalue weighted by atomic mass is 9.92. The van der Waals surface area contributed by atoms with Crippen LogP contribution in [0.15, 0.2) is 91.0 Å². The summed E-state index contributed by atoms with van der Waals surface area (Å²) in [5.74, 6) is -0.472. The highest BCUT2D eigenvalue weighted by molar-refractivity contribution is 5.15. The van der Waals surface area contributed by atoms with E-state index >= 15 is 0 Å². The fourth-order valence-electron chi connectivity index (χ4n) is 4.01. The Bertz CT molecular complexity index is 938. The fraction of sp³-hybridized carbons (Fsp3) is 0.357. The van der Waals surface area contributed by atoms with E-state index in [1.807, 2.05) is 91.0 Å². The Morgan fingerprint density at radius 2 is 1.12 bits per heavy atom. The van der Waals surface area contributed by atoms with Crippen LogP contribution in [0.2, 0.25) is 0 Å². The van der Waals surface area contributed by atoms with E-state index < -0.39 is 30.6 Å². The van der Waals surface area contributed by atoms with Crippen LogP contribution in [0.3, 0.4) is 0 Å². The molecule has 4 rings (SSSR count). The third-order valence-corrected chi connectivity index (χ3v) is 5.89. The molecule has 1 aliphatic rings. The number of rotatable bonds is 10. The molecule has 0 radical (unpaired) electrons. The molecule has 0 saturated carbocycles. The van der Waals surface area contributed by atoms with Gasteiger partial charge in [0, 0.05) is 5.92 Å². The molecule has 0 spiro atoms. The highest BCUT2D eigenvalue weighted by Gasteiger charge is 2.45. The minimum atomic E-state index is -1.45. The van der Waals surface area contributed by atoms with Gasteiger partial charge >= 0.3 is 0 Å². The van der Waals surface area contributed by atoms with Crippen molar-refractivity contribution in [2.75, 3.05) is 6.61 Å². The quantitative estimate of drug-likeness (QED) is 0.397. The van der Waals surface area contributed by atoms with E-state index in [-0.39, 0.29) is 6.61 Å². The van der Waals surface area contributed by atoms with Crippen LogP contribution in [-0.2, 0) is 38.8 Å². The molecule has 5 atom stereocenters. The van der Waals surface area contributed by atoms with Crippen molar-refractivity contribution in [1.82, 2.24) is 0 Å². The molecule has 3 aromatic rings. The molecule has 0 amide bonds. The van der Waals surface area contributed by atoms with Gasteiger partial charge in [0.2, 0.25) is 6.36 Å². The predicted octanol–water partition coefficient (Wildman–Crippen LogP) is 5.70. The SMILES string of the molecule is CC1[C@H](F)OC(COCc2ccccc2)[C@@H](OCc2ccccc2)[C@@H]1OCc1ccccc1. The maximum atomic E-state index is 14.9. The van der Waals surface area contributed by atoms with Crippen molar-refractivity contribution in [3.63, 3.8) is 0 Å². The molecule has 1 saturated heterocycles. The van der Waals surface area contributed by atoms with Crippen molar-refractivity contribution >= 4 is 0 Å². The third-order valence-electron chi connectivity index (χ3n) is 5.89. The summed E-state index contributed by atoms with van der Waals surface area (Å²) in [5.41, 5.74) is 3.13. The van der Waals surface area contributed by atoms with Gasteiger partial charge in [-0.25, -0.2) is 4.39 Å². The number of benzene rings is 3. The van der Waals surface area contributed by atoms with Crippen LogP contribution >= 0.6 is 0 Å². The lowest BCUT2D eigenvalue weighted by Crippen LogP contribution is -2.55. The summed E-state index contributed by atoms with van der Waals surface area (Å²) in [6, 6.07) is 29.7. The minimum absolute atomic E-state index is 0.215. The first-order chi connectivity index (χ1) is 16.2. The van der Waals surface area contributed by atoms with Crippen LogP contribution in [0, 0.1) is 5.92 Å². The van der Waals surface area contributed by atoms with Gasteiger partial charge < -0.3 is 18.9 Å². The zero-order chi connectivity index (χ0) is 22.9. The highest BCUT2D eigenvalue weighted by atomic mass is 19.1. The van der Waals surface area contributed by atoms with Crippen LogP contribution < -0.4 is 0 Å². The topological polar surface area (TPSA) is 36.9 Å². The van der Waals surface area contributed by atoms with Gasteiger partial charge in [-0.2, -0.15) is 0 Å². The van der Waals surface area contributed by atoms with E-state index in [1.54, 1.807) is 6.92 Å². The average Bonchev–Trinajstić information content (AvgIpc) is 2.86. The van der Waals surface area contributed by atoms with Gasteiger partial charge in [0.25, 0.3) is 0 Å². The fourth-order valence-corrected chi connectivity index (χ4v) is 4.01. The second-order valence-electron chi connectivity index (χ2n) is 8.41. The largest absolute Gasteiger partial charge is 0.374 e. The summed E-state index contributed by atoms with van der Waals surface area (Å²) >= 11 is 0. The molecular formula is C28H31FO4. The van der Waals surface area contributed by atoms with Crippen LogP contribution in [0.5, 0.6) is 0 Å². The summed E-state index contributed by atoms with van der Waals surface area (Å²) in [7, 11) is 0. The van der Waals surface area contributed by atoms with E-state index in [4.69, 9.17) is 18.9 Å². The van der Waals surface area contributed by atoms with Gasteiger partial charge in [0.15, 0.2) is 0 Å². The van der Waals surface area contributed by atoms with Gasteiger partial charge in [-0.3, -0.25) is 0 Å². The van der Waals surface area contributed by atoms with Crippen LogP contribution in [-0.4, -0.2) is 31.3 Å². The molecule has 5 heteroatoms. The maximum absolute atomic E-state index is 14.9. The average molecular weight is 451 g/mol. The second kappa shape index (κ2) is 12.1. The summed E-state index contributed by atoms with van der Waals surface area (Å²) in [5, 5.41) is 0. The molecule has 3 aromatic carbocycles. The molecular weight excluding hydrogens is 419 g/mol. The third kappa shape index (κ3) is 6.71. The number of ether oxygens (including phenoxy) is 4. The van der Waals surface area contributed by atoms with Gasteiger partial charge in [0.1, 0.15) is 12.2 Å². The van der Waals surface area contributed by atoms with Crippen molar-refractivity contribution in [3.8, 4) is 0 Å². The summed E-state index contributed by atoms with van der Waals surface area (Å²) < 4.78 is 39.1. The molecule has 1 aliphatic heterocycles. The standard InChI is InChI=1S/C28H31FO4/c1-21-26(31-18-23-13-7-3-8-14-23)27(32-19-24-15-9-4-10-16-24)25(33-28(21)29)20-30-17-22-11-5-2-6-12-22/h2-16,21,25-28H,17-20H2,1H3/t21?,25?,26-,27-,28-/m1/s1. The van der Waals surface area contributed by atoms with Crippen molar-refractivity contribution < 1.29 is 23.3 Å². The monoisotopic (exact) mass is 450 g/mol. The van der Waals surface area contributed by atoms with Gasteiger partial charge in [-0.05, 0) is 16.7 Å². The molecule has 0 aliphatic carbocycles. The number of hydrogen-bond donors (Lipinski definition) is 0. The first-order valence-corrected chi connectivity index (χ1v) is 11.4. The zero-order valence-electron chi connectivity index (χ0n) is 18.9. The molecule has 2 unspecified atom stereocenters. The van der Waals surface area contributed by atoms with E-state index in [0.717, 1.165) is 16.7 Å². The van der Waals surface area contributed by atoms with E-state index in [0.29, 0.717) is 19.8 Å². The van der Waals surface area contributed by atoms with Gasteiger partial charge in [-0.15, -0.1) is 0 Å². The van der Waals surface area contributed by atoms with E-state index in [2.05, 4.69) is 0 Å². The first kappa shape index (κ1) is 23.6. The van der Waals surface area contributed by atoms with E-state index in [9.17, 15) is 4.39 Å². The first-order valence-electron chi connectivity index (χ1n) is 11.4. The Morgan fingerprint density at radius 1 is 0.667 bits per heavy atom. The van der Waals surface area contributed by atoms with Gasteiger partial charge in [0.05, 0.1) is 32.5 Å². The van der Waals surface area contributed by atoms with Crippen molar-refractivity contribution in [1.29, 1.82) is 0 Å². The Balaban J connectivity index is 1.46. The smallest absolute Gasteiger partial charge is 0.204 e. The molecule has 1 fully saturated rings. The molecule has 4 nitrogen and oxygen atoms in total. The molecule has 0 bridgehead atoms. The van der Waals surface area contributed by atoms with Crippen molar-refractivity contribution in [2.24, 2.45) is 5.92 Å². The second-order valence-corrected chi connectivity index (χ2v) is 8.41. The number of alkyl halides is 1. The highest BCUT2D eigenvalue weighted by Crippen LogP contribution is 2.32. The van der Waals surface area contributed by atoms with Gasteiger partial charge in [-0.1, -0.05) is 97.9 Å².